The van der Waals surface area contributed by atoms with E-state index in [9.17, 15) is 4.79 Å². The van der Waals surface area contributed by atoms with Gasteiger partial charge in [-0.05, 0) is 56.2 Å². The van der Waals surface area contributed by atoms with Gasteiger partial charge in [0.2, 0.25) is 5.95 Å². The van der Waals surface area contributed by atoms with Gasteiger partial charge in [0.15, 0.2) is 11.5 Å². The number of allylic oxidation sites excluding steroid dienone is 1. The first-order chi connectivity index (χ1) is 19.9. The van der Waals surface area contributed by atoms with Crippen LogP contribution in [-0.4, -0.2) is 41.5 Å². The van der Waals surface area contributed by atoms with Crippen LogP contribution in [0.2, 0.25) is 0 Å². The highest BCUT2D eigenvalue weighted by Crippen LogP contribution is 2.40. The van der Waals surface area contributed by atoms with Crippen LogP contribution in [0.3, 0.4) is 0 Å². The molecule has 0 saturated heterocycles. The number of fused-ring (bicyclic) bond motifs is 1. The zero-order valence-electron chi connectivity index (χ0n) is 23.7. The molecule has 212 valence electrons. The number of nitrogens with one attached hydrogen (secondary N) is 2. The van der Waals surface area contributed by atoms with Crippen molar-refractivity contribution in [3.05, 3.63) is 95.0 Å². The van der Waals surface area contributed by atoms with Gasteiger partial charge in [0, 0.05) is 11.8 Å². The number of aryl methyl sites for hydroxylation is 1. The standard InChI is InChI=1S/C31H33N5O5/c1-6-40-27-15-22(10-13-25(27)41-17-21-9-7-8-19(2)14-21)29-28(20(3)34-31-32-18-33-36(29)31)30(37)35-24-12-11-23(38-4)16-26(24)39-5/h7-16,18,29H,6,17H2,1-5H3,(H,35,37)(H,32,33,34)/t29-/m1/s1. The van der Waals surface area contributed by atoms with Gasteiger partial charge in [0.05, 0.1) is 32.1 Å². The van der Waals surface area contributed by atoms with Gasteiger partial charge in [0.1, 0.15) is 30.5 Å². The molecular weight excluding hydrogens is 522 g/mol. The molecule has 1 aromatic heterocycles. The number of amides is 1. The summed E-state index contributed by atoms with van der Waals surface area (Å²) in [7, 11) is 3.12. The quantitative estimate of drug-likeness (QED) is 0.264. The van der Waals surface area contributed by atoms with E-state index >= 15 is 0 Å². The van der Waals surface area contributed by atoms with Crippen molar-refractivity contribution in [1.82, 2.24) is 14.8 Å². The molecule has 0 saturated carbocycles. The van der Waals surface area contributed by atoms with Gasteiger partial charge in [-0.25, -0.2) is 4.68 Å². The van der Waals surface area contributed by atoms with Gasteiger partial charge >= 0.3 is 0 Å². The van der Waals surface area contributed by atoms with E-state index in [-0.39, 0.29) is 5.91 Å². The normalized spacial score (nSPS) is 14.1. The van der Waals surface area contributed by atoms with E-state index in [1.54, 1.807) is 37.1 Å². The van der Waals surface area contributed by atoms with Gasteiger partial charge < -0.3 is 29.6 Å². The first-order valence-electron chi connectivity index (χ1n) is 13.3. The summed E-state index contributed by atoms with van der Waals surface area (Å²) in [4.78, 5) is 18.2. The molecule has 41 heavy (non-hydrogen) atoms. The Hall–Kier alpha value is -4.99. The molecule has 0 fully saturated rings. The molecule has 0 bridgehead atoms. The fourth-order valence-electron chi connectivity index (χ4n) is 4.83. The van der Waals surface area contributed by atoms with Crippen LogP contribution in [0.4, 0.5) is 11.6 Å². The molecule has 2 heterocycles. The number of nitrogens with zero attached hydrogens (tertiary/aromatic N) is 3. The van der Waals surface area contributed by atoms with Crippen LogP contribution in [0.25, 0.3) is 0 Å². The molecule has 1 aliphatic heterocycles. The molecule has 3 aromatic carbocycles. The Morgan fingerprint density at radius 1 is 0.976 bits per heavy atom. The van der Waals surface area contributed by atoms with E-state index in [1.807, 2.05) is 44.2 Å². The van der Waals surface area contributed by atoms with Crippen LogP contribution in [0.1, 0.15) is 36.6 Å². The maximum atomic E-state index is 13.9. The Morgan fingerprint density at radius 3 is 2.59 bits per heavy atom. The highest BCUT2D eigenvalue weighted by molar-refractivity contribution is 6.06. The summed E-state index contributed by atoms with van der Waals surface area (Å²) < 4.78 is 24.6. The summed E-state index contributed by atoms with van der Waals surface area (Å²) in [5.41, 5.74) is 4.65. The summed E-state index contributed by atoms with van der Waals surface area (Å²) in [5.74, 6) is 2.50. The highest BCUT2D eigenvalue weighted by atomic mass is 16.5. The van der Waals surface area contributed by atoms with Crippen molar-refractivity contribution < 1.29 is 23.7 Å². The van der Waals surface area contributed by atoms with Crippen LogP contribution in [0, 0.1) is 6.92 Å². The fraction of sp³-hybridized carbons (Fsp3) is 0.258. The van der Waals surface area contributed by atoms with Crippen LogP contribution in [0.15, 0.2) is 78.3 Å². The number of methoxy groups -OCH3 is 2. The van der Waals surface area contributed by atoms with Gasteiger partial charge in [-0.2, -0.15) is 10.1 Å². The van der Waals surface area contributed by atoms with Crippen molar-refractivity contribution in [2.24, 2.45) is 0 Å². The topological polar surface area (TPSA) is 109 Å². The highest BCUT2D eigenvalue weighted by Gasteiger charge is 2.34. The Balaban J connectivity index is 1.49. The summed E-state index contributed by atoms with van der Waals surface area (Å²) in [6.07, 6.45) is 1.46. The molecule has 4 aromatic rings. The molecule has 0 spiro atoms. The van der Waals surface area contributed by atoms with Crippen LogP contribution >= 0.6 is 0 Å². The lowest BCUT2D eigenvalue weighted by atomic mass is 9.94. The minimum atomic E-state index is -0.581. The fourth-order valence-corrected chi connectivity index (χ4v) is 4.83. The minimum absolute atomic E-state index is 0.317. The maximum Gasteiger partial charge on any atom is 0.255 e. The van der Waals surface area contributed by atoms with Crippen molar-refractivity contribution in [3.8, 4) is 23.0 Å². The Labute approximate surface area is 238 Å². The summed E-state index contributed by atoms with van der Waals surface area (Å²) >= 11 is 0. The van der Waals surface area contributed by atoms with Gasteiger partial charge in [-0.15, -0.1) is 0 Å². The third kappa shape index (κ3) is 5.81. The van der Waals surface area contributed by atoms with Crippen molar-refractivity contribution in [1.29, 1.82) is 0 Å². The van der Waals surface area contributed by atoms with Crippen molar-refractivity contribution in [3.63, 3.8) is 0 Å². The van der Waals surface area contributed by atoms with Crippen molar-refractivity contribution in [2.45, 2.75) is 33.4 Å². The number of aromatic nitrogens is 3. The molecule has 10 nitrogen and oxygen atoms in total. The Kier molecular flexibility index (Phi) is 8.09. The average Bonchev–Trinajstić information content (AvgIpc) is 3.44. The number of hydrogen-bond acceptors (Lipinski definition) is 8. The molecule has 1 aliphatic rings. The van der Waals surface area contributed by atoms with Gasteiger partial charge in [-0.3, -0.25) is 4.79 Å². The SMILES string of the molecule is CCOc1cc([C@@H]2C(C(=O)Nc3ccc(OC)cc3OC)=C(C)Nc3ncnn32)ccc1OCc1cccc(C)c1. The number of hydrogen-bond donors (Lipinski definition) is 2. The van der Waals surface area contributed by atoms with E-state index in [4.69, 9.17) is 18.9 Å². The first-order valence-corrected chi connectivity index (χ1v) is 13.3. The lowest BCUT2D eigenvalue weighted by molar-refractivity contribution is -0.113. The second kappa shape index (κ2) is 12.0. The van der Waals surface area contributed by atoms with Crippen LogP contribution in [0.5, 0.6) is 23.0 Å². The number of rotatable bonds is 10. The molecule has 10 heteroatoms. The third-order valence-corrected chi connectivity index (χ3v) is 6.76. The third-order valence-electron chi connectivity index (χ3n) is 6.76. The summed E-state index contributed by atoms with van der Waals surface area (Å²) in [6.45, 7) is 6.66. The zero-order valence-corrected chi connectivity index (χ0v) is 23.7. The van der Waals surface area contributed by atoms with Crippen molar-refractivity contribution in [2.75, 3.05) is 31.5 Å². The maximum absolute atomic E-state index is 13.9. The van der Waals surface area contributed by atoms with Crippen LogP contribution < -0.4 is 29.6 Å². The second-order valence-corrected chi connectivity index (χ2v) is 9.53. The van der Waals surface area contributed by atoms with Crippen molar-refractivity contribution >= 4 is 17.5 Å². The second-order valence-electron chi connectivity index (χ2n) is 9.53. The van der Waals surface area contributed by atoms with Gasteiger partial charge in [0.25, 0.3) is 5.91 Å². The van der Waals surface area contributed by atoms with E-state index < -0.39 is 6.04 Å². The summed E-state index contributed by atoms with van der Waals surface area (Å²) in [5, 5.41) is 10.6. The first kappa shape index (κ1) is 27.6. The van der Waals surface area contributed by atoms with E-state index in [2.05, 4.69) is 39.8 Å². The molecule has 0 aliphatic carbocycles. The van der Waals surface area contributed by atoms with Gasteiger partial charge in [-0.1, -0.05) is 35.9 Å². The average molecular weight is 556 g/mol. The predicted octanol–water partition coefficient (Wildman–Crippen LogP) is 5.51. The Morgan fingerprint density at radius 2 is 1.83 bits per heavy atom. The lowest BCUT2D eigenvalue weighted by Gasteiger charge is -2.29. The largest absolute Gasteiger partial charge is 0.497 e. The summed E-state index contributed by atoms with van der Waals surface area (Å²) in [6, 6.07) is 18.5. The van der Waals surface area contributed by atoms with Crippen LogP contribution in [-0.2, 0) is 11.4 Å². The molecular formula is C31H33N5O5. The predicted molar refractivity (Wildman–Crippen MR) is 156 cm³/mol. The molecule has 0 radical (unpaired) electrons. The minimum Gasteiger partial charge on any atom is -0.497 e. The monoisotopic (exact) mass is 555 g/mol. The lowest BCUT2D eigenvalue weighted by Crippen LogP contribution is -2.31. The number of benzene rings is 3. The molecule has 1 atom stereocenters. The smallest absolute Gasteiger partial charge is 0.255 e. The molecule has 0 unspecified atom stereocenters. The molecule has 2 N–H and O–H groups in total. The van der Waals surface area contributed by atoms with E-state index in [0.717, 1.165) is 11.1 Å². The number of carbonyl (C=O) groups is 1. The van der Waals surface area contributed by atoms with E-state index in [0.29, 0.717) is 59.1 Å². The number of ether oxygens (including phenoxy) is 4. The number of carbonyl (C=O) groups excluding carboxylic acids is 1. The zero-order chi connectivity index (χ0) is 28.9. The number of anilines is 2. The molecule has 5 rings (SSSR count). The Bertz CT molecular complexity index is 1600. The van der Waals surface area contributed by atoms with E-state index in [1.165, 1.54) is 11.9 Å². The molecule has 1 amide bonds.